The topological polar surface area (TPSA) is 103 Å². The maximum Gasteiger partial charge on any atom is 0.266 e. The molecule has 20 heavy (non-hydrogen) atoms. The van der Waals surface area contributed by atoms with E-state index in [-0.39, 0.29) is 16.8 Å². The van der Waals surface area contributed by atoms with Crippen LogP contribution in [0.5, 0.6) is 0 Å². The first-order valence-electron chi connectivity index (χ1n) is 5.78. The van der Waals surface area contributed by atoms with Gasteiger partial charge in [0.05, 0.1) is 6.20 Å². The molecule has 7 nitrogen and oxygen atoms in total. The average molecular weight is 360 g/mol. The van der Waals surface area contributed by atoms with E-state index in [1.165, 1.54) is 18.5 Å². The van der Waals surface area contributed by atoms with Crippen LogP contribution in [0.2, 0.25) is 0 Å². The Kier molecular flexibility index (Phi) is 4.00. The van der Waals surface area contributed by atoms with Gasteiger partial charge in [0.1, 0.15) is 16.5 Å². The number of sulfonamides is 1. The summed E-state index contributed by atoms with van der Waals surface area (Å²) in [6, 6.07) is 3.01. The van der Waals surface area contributed by atoms with Gasteiger partial charge < -0.3 is 5.73 Å². The van der Waals surface area contributed by atoms with E-state index in [2.05, 4.69) is 30.7 Å². The molecule has 9 heteroatoms. The van der Waals surface area contributed by atoms with E-state index in [9.17, 15) is 8.42 Å². The molecule has 0 aromatic carbocycles. The molecule has 108 valence electrons. The highest BCUT2D eigenvalue weighted by Gasteiger charge is 2.21. The zero-order valence-corrected chi connectivity index (χ0v) is 13.3. The van der Waals surface area contributed by atoms with Gasteiger partial charge in [0.15, 0.2) is 0 Å². The highest BCUT2D eigenvalue weighted by atomic mass is 79.9. The van der Waals surface area contributed by atoms with Crippen LogP contribution in [-0.4, -0.2) is 23.2 Å². The summed E-state index contributed by atoms with van der Waals surface area (Å²) >= 11 is 3.18. The van der Waals surface area contributed by atoms with Crippen LogP contribution in [0.3, 0.4) is 0 Å². The van der Waals surface area contributed by atoms with Crippen molar-refractivity contribution in [2.75, 3.05) is 10.5 Å². The number of hydrogen-bond acceptors (Lipinski definition) is 5. The molecular weight excluding hydrogens is 346 g/mol. The van der Waals surface area contributed by atoms with Crippen LogP contribution >= 0.6 is 15.9 Å². The van der Waals surface area contributed by atoms with E-state index in [4.69, 9.17) is 5.73 Å². The Bertz CT molecular complexity index is 726. The zero-order valence-electron chi connectivity index (χ0n) is 10.9. The van der Waals surface area contributed by atoms with Crippen molar-refractivity contribution in [3.05, 3.63) is 29.0 Å². The Balaban J connectivity index is 2.41. The second kappa shape index (κ2) is 5.41. The van der Waals surface area contributed by atoms with Crippen molar-refractivity contribution >= 4 is 37.6 Å². The summed E-state index contributed by atoms with van der Waals surface area (Å²) in [6.07, 6.45) is 2.97. The van der Waals surface area contributed by atoms with Gasteiger partial charge >= 0.3 is 0 Å². The SMILES string of the molecule is CC(C)n1nccc1NS(=O)(=O)c1cc(Br)cnc1N. The molecule has 0 bridgehead atoms. The highest BCUT2D eigenvalue weighted by molar-refractivity contribution is 9.10. The third-order valence-corrected chi connectivity index (χ3v) is 4.35. The summed E-state index contributed by atoms with van der Waals surface area (Å²) in [5.41, 5.74) is 5.63. The first-order chi connectivity index (χ1) is 9.31. The van der Waals surface area contributed by atoms with Gasteiger partial charge in [-0.05, 0) is 35.8 Å². The summed E-state index contributed by atoms with van der Waals surface area (Å²) < 4.78 is 29.3. The third-order valence-electron chi connectivity index (χ3n) is 2.54. The molecule has 2 heterocycles. The van der Waals surface area contributed by atoms with Crippen LogP contribution in [0, 0.1) is 0 Å². The summed E-state index contributed by atoms with van der Waals surface area (Å²) in [5.74, 6) is 0.315. The Morgan fingerprint density at radius 3 is 2.80 bits per heavy atom. The second-order valence-electron chi connectivity index (χ2n) is 4.40. The van der Waals surface area contributed by atoms with Crippen molar-refractivity contribution in [3.8, 4) is 0 Å². The minimum Gasteiger partial charge on any atom is -0.383 e. The number of nitrogens with zero attached hydrogens (tertiary/aromatic N) is 3. The van der Waals surface area contributed by atoms with E-state index in [1.54, 1.807) is 10.7 Å². The van der Waals surface area contributed by atoms with Crippen molar-refractivity contribution in [1.82, 2.24) is 14.8 Å². The van der Waals surface area contributed by atoms with Crippen molar-refractivity contribution in [3.63, 3.8) is 0 Å². The maximum absolute atomic E-state index is 12.4. The highest BCUT2D eigenvalue weighted by Crippen LogP contribution is 2.24. The zero-order chi connectivity index (χ0) is 14.9. The molecule has 3 N–H and O–H groups in total. The van der Waals surface area contributed by atoms with Gasteiger partial charge in [-0.2, -0.15) is 5.10 Å². The molecule has 0 aliphatic rings. The quantitative estimate of drug-likeness (QED) is 0.868. The smallest absolute Gasteiger partial charge is 0.266 e. The summed E-state index contributed by atoms with van der Waals surface area (Å²) in [7, 11) is -3.82. The Hall–Kier alpha value is -1.61. The van der Waals surface area contributed by atoms with E-state index >= 15 is 0 Å². The third kappa shape index (κ3) is 2.93. The number of nitrogen functional groups attached to an aromatic ring is 1. The molecule has 0 saturated heterocycles. The molecule has 0 aliphatic heterocycles. The van der Waals surface area contributed by atoms with Crippen molar-refractivity contribution < 1.29 is 8.42 Å². The molecule has 0 radical (unpaired) electrons. The van der Waals surface area contributed by atoms with Crippen LogP contribution in [0.25, 0.3) is 0 Å². The van der Waals surface area contributed by atoms with Gasteiger partial charge in [-0.3, -0.25) is 4.72 Å². The van der Waals surface area contributed by atoms with Crippen molar-refractivity contribution in [2.24, 2.45) is 0 Å². The lowest BCUT2D eigenvalue weighted by Gasteiger charge is -2.13. The average Bonchev–Trinajstić information content (AvgIpc) is 2.79. The number of rotatable bonds is 4. The van der Waals surface area contributed by atoms with Gasteiger partial charge in [0.2, 0.25) is 0 Å². The minimum absolute atomic E-state index is 0.0284. The lowest BCUT2D eigenvalue weighted by Crippen LogP contribution is -2.19. The summed E-state index contributed by atoms with van der Waals surface area (Å²) in [4.78, 5) is 3.74. The molecule has 0 atom stereocenters. The fourth-order valence-corrected chi connectivity index (χ4v) is 3.29. The fourth-order valence-electron chi connectivity index (χ4n) is 1.65. The van der Waals surface area contributed by atoms with Crippen LogP contribution in [-0.2, 0) is 10.0 Å². The van der Waals surface area contributed by atoms with Gasteiger partial charge in [0, 0.05) is 22.8 Å². The van der Waals surface area contributed by atoms with Gasteiger partial charge in [-0.25, -0.2) is 18.1 Å². The Morgan fingerprint density at radius 2 is 2.15 bits per heavy atom. The molecule has 2 aromatic rings. The van der Waals surface area contributed by atoms with Crippen LogP contribution < -0.4 is 10.5 Å². The number of nitrogens with one attached hydrogen (secondary N) is 1. The Morgan fingerprint density at radius 1 is 1.45 bits per heavy atom. The molecule has 0 aliphatic carbocycles. The van der Waals surface area contributed by atoms with Crippen LogP contribution in [0.1, 0.15) is 19.9 Å². The summed E-state index contributed by atoms with van der Waals surface area (Å²) in [5, 5.41) is 4.07. The van der Waals surface area contributed by atoms with Crippen LogP contribution in [0.15, 0.2) is 33.9 Å². The number of hydrogen-bond donors (Lipinski definition) is 2. The number of nitrogens with two attached hydrogens (primary N) is 1. The number of aromatic nitrogens is 3. The first kappa shape index (κ1) is 14.8. The predicted molar refractivity (Wildman–Crippen MR) is 79.8 cm³/mol. The molecule has 2 aromatic heterocycles. The number of halogens is 1. The lowest BCUT2D eigenvalue weighted by molar-refractivity contribution is 0.539. The first-order valence-corrected chi connectivity index (χ1v) is 8.06. The van der Waals surface area contributed by atoms with Crippen molar-refractivity contribution in [1.29, 1.82) is 0 Å². The maximum atomic E-state index is 12.4. The predicted octanol–water partition coefficient (Wildman–Crippen LogP) is 2.00. The number of pyridine rings is 1. The molecule has 2 rings (SSSR count). The van der Waals surface area contributed by atoms with Gasteiger partial charge in [-0.15, -0.1) is 0 Å². The molecule has 0 saturated carbocycles. The van der Waals surface area contributed by atoms with Crippen LogP contribution in [0.4, 0.5) is 11.6 Å². The number of anilines is 2. The van der Waals surface area contributed by atoms with Gasteiger partial charge in [-0.1, -0.05) is 0 Å². The Labute approximate surface area is 125 Å². The van der Waals surface area contributed by atoms with Gasteiger partial charge in [0.25, 0.3) is 10.0 Å². The molecule has 0 amide bonds. The summed E-state index contributed by atoms with van der Waals surface area (Å²) in [6.45, 7) is 3.81. The van der Waals surface area contributed by atoms with Crippen molar-refractivity contribution in [2.45, 2.75) is 24.8 Å². The van der Waals surface area contributed by atoms with E-state index in [0.29, 0.717) is 10.3 Å². The molecule has 0 spiro atoms. The molecule has 0 fully saturated rings. The monoisotopic (exact) mass is 359 g/mol. The van der Waals surface area contributed by atoms with E-state index < -0.39 is 10.0 Å². The molecule has 0 unspecified atom stereocenters. The fraction of sp³-hybridized carbons (Fsp3) is 0.273. The largest absolute Gasteiger partial charge is 0.383 e. The lowest BCUT2D eigenvalue weighted by atomic mass is 10.4. The normalized spacial score (nSPS) is 11.8. The van der Waals surface area contributed by atoms with E-state index in [1.807, 2.05) is 13.8 Å². The second-order valence-corrected chi connectivity index (χ2v) is 6.96. The standard InChI is InChI=1S/C11H14BrN5O2S/c1-7(2)17-10(3-4-15-17)16-20(18,19)9-5-8(12)6-14-11(9)13/h3-7,16H,1-2H3,(H2,13,14). The van der Waals surface area contributed by atoms with E-state index in [0.717, 1.165) is 0 Å². The molecular formula is C11H14BrN5O2S. The minimum atomic E-state index is -3.82.